The van der Waals surface area contributed by atoms with Crippen molar-refractivity contribution in [1.82, 2.24) is 5.32 Å². The van der Waals surface area contributed by atoms with Gasteiger partial charge in [0.1, 0.15) is 5.82 Å². The van der Waals surface area contributed by atoms with Gasteiger partial charge in [0.05, 0.1) is 0 Å². The van der Waals surface area contributed by atoms with Crippen molar-refractivity contribution in [3.05, 3.63) is 57.0 Å². The van der Waals surface area contributed by atoms with E-state index in [1.807, 2.05) is 13.8 Å². The molecule has 0 aliphatic carbocycles. The monoisotopic (exact) mass is 291 g/mol. The van der Waals surface area contributed by atoms with Crippen LogP contribution in [0, 0.1) is 19.7 Å². The van der Waals surface area contributed by atoms with Crippen molar-refractivity contribution in [2.75, 3.05) is 6.54 Å². The van der Waals surface area contributed by atoms with E-state index in [0.29, 0.717) is 0 Å². The summed E-state index contributed by atoms with van der Waals surface area (Å²) in [7, 11) is 0. The molecule has 0 fully saturated rings. The Morgan fingerprint density at radius 1 is 1.30 bits per heavy atom. The number of aryl methyl sites for hydroxylation is 2. The SMILES string of the molecule is CCCNC(Cc1cccs1)c1c(C)cc(C)cc1F. The van der Waals surface area contributed by atoms with E-state index in [1.165, 1.54) is 4.88 Å². The van der Waals surface area contributed by atoms with Gasteiger partial charge in [0.15, 0.2) is 0 Å². The van der Waals surface area contributed by atoms with Crippen LogP contribution in [0.15, 0.2) is 29.6 Å². The van der Waals surface area contributed by atoms with E-state index in [1.54, 1.807) is 17.4 Å². The normalized spacial score (nSPS) is 12.6. The summed E-state index contributed by atoms with van der Waals surface area (Å²) in [6, 6.07) is 7.92. The second kappa shape index (κ2) is 7.00. The van der Waals surface area contributed by atoms with Gasteiger partial charge in [-0.25, -0.2) is 4.39 Å². The van der Waals surface area contributed by atoms with Gasteiger partial charge in [0, 0.05) is 22.9 Å². The summed E-state index contributed by atoms with van der Waals surface area (Å²) in [5.74, 6) is -0.0901. The van der Waals surface area contributed by atoms with Crippen molar-refractivity contribution in [2.24, 2.45) is 0 Å². The fourth-order valence-electron chi connectivity index (χ4n) is 2.59. The molecule has 0 bridgehead atoms. The van der Waals surface area contributed by atoms with Crippen molar-refractivity contribution < 1.29 is 4.39 Å². The first-order valence-electron chi connectivity index (χ1n) is 7.14. The van der Waals surface area contributed by atoms with Crippen molar-refractivity contribution >= 4 is 11.3 Å². The number of thiophene rings is 1. The molecule has 1 heterocycles. The third-order valence-corrected chi connectivity index (χ3v) is 4.35. The molecule has 1 aromatic carbocycles. The number of nitrogens with one attached hydrogen (secondary N) is 1. The highest BCUT2D eigenvalue weighted by atomic mass is 32.1. The number of benzene rings is 1. The Morgan fingerprint density at radius 3 is 2.70 bits per heavy atom. The van der Waals surface area contributed by atoms with E-state index >= 15 is 0 Å². The Labute approximate surface area is 124 Å². The molecule has 1 N–H and O–H groups in total. The van der Waals surface area contributed by atoms with Gasteiger partial charge in [-0.1, -0.05) is 19.1 Å². The summed E-state index contributed by atoms with van der Waals surface area (Å²) in [6.45, 7) is 6.98. The van der Waals surface area contributed by atoms with Gasteiger partial charge in [-0.05, 0) is 55.5 Å². The summed E-state index contributed by atoms with van der Waals surface area (Å²) in [4.78, 5) is 1.29. The topological polar surface area (TPSA) is 12.0 Å². The minimum absolute atomic E-state index is 0.0502. The quantitative estimate of drug-likeness (QED) is 0.807. The lowest BCUT2D eigenvalue weighted by molar-refractivity contribution is 0.496. The van der Waals surface area contributed by atoms with Crippen molar-refractivity contribution in [2.45, 2.75) is 39.7 Å². The molecular weight excluding hydrogens is 269 g/mol. The highest BCUT2D eigenvalue weighted by Crippen LogP contribution is 2.27. The van der Waals surface area contributed by atoms with E-state index in [2.05, 4.69) is 35.8 Å². The standard InChI is InChI=1S/C17H22FNS/c1-4-7-19-16(11-14-6-5-8-20-14)17-13(3)9-12(2)10-15(17)18/h5-6,8-10,16,19H,4,7,11H2,1-3H3. The van der Waals surface area contributed by atoms with Crippen LogP contribution in [0.25, 0.3) is 0 Å². The number of halogens is 1. The summed E-state index contributed by atoms with van der Waals surface area (Å²) in [5, 5.41) is 5.57. The third kappa shape index (κ3) is 3.68. The Bertz CT molecular complexity index is 525. The number of hydrogen-bond acceptors (Lipinski definition) is 2. The molecule has 1 atom stereocenters. The van der Waals surface area contributed by atoms with Crippen LogP contribution < -0.4 is 5.32 Å². The summed E-state index contributed by atoms with van der Waals surface area (Å²) < 4.78 is 14.4. The fourth-order valence-corrected chi connectivity index (χ4v) is 3.34. The zero-order chi connectivity index (χ0) is 14.5. The zero-order valence-electron chi connectivity index (χ0n) is 12.4. The van der Waals surface area contributed by atoms with Gasteiger partial charge in [-0.15, -0.1) is 11.3 Å². The lowest BCUT2D eigenvalue weighted by Crippen LogP contribution is -2.25. The van der Waals surface area contributed by atoms with Crippen LogP contribution in [-0.4, -0.2) is 6.54 Å². The molecule has 1 unspecified atom stereocenters. The van der Waals surface area contributed by atoms with Crippen molar-refractivity contribution in [3.8, 4) is 0 Å². The van der Waals surface area contributed by atoms with E-state index in [0.717, 1.165) is 36.1 Å². The van der Waals surface area contributed by atoms with Crippen molar-refractivity contribution in [1.29, 1.82) is 0 Å². The Balaban J connectivity index is 2.30. The molecular formula is C17H22FNS. The lowest BCUT2D eigenvalue weighted by atomic mass is 9.95. The second-order valence-corrected chi connectivity index (χ2v) is 6.30. The van der Waals surface area contributed by atoms with Gasteiger partial charge < -0.3 is 5.32 Å². The predicted molar refractivity (Wildman–Crippen MR) is 84.9 cm³/mol. The molecule has 1 aromatic heterocycles. The predicted octanol–water partition coefficient (Wildman–Crippen LogP) is 4.79. The summed E-state index contributed by atoms with van der Waals surface area (Å²) >= 11 is 1.73. The molecule has 108 valence electrons. The smallest absolute Gasteiger partial charge is 0.128 e. The maximum absolute atomic E-state index is 14.4. The van der Waals surface area contributed by atoms with Gasteiger partial charge in [-0.3, -0.25) is 0 Å². The maximum atomic E-state index is 14.4. The van der Waals surface area contributed by atoms with Gasteiger partial charge in [0.2, 0.25) is 0 Å². The molecule has 0 aliphatic heterocycles. The largest absolute Gasteiger partial charge is 0.310 e. The van der Waals surface area contributed by atoms with Crippen LogP contribution in [0.1, 0.15) is 41.0 Å². The molecule has 20 heavy (non-hydrogen) atoms. The molecule has 0 spiro atoms. The Kier molecular flexibility index (Phi) is 5.32. The molecule has 0 radical (unpaired) electrons. The average Bonchev–Trinajstić information content (AvgIpc) is 2.87. The van der Waals surface area contributed by atoms with Crippen LogP contribution in [0.3, 0.4) is 0 Å². The number of hydrogen-bond donors (Lipinski definition) is 1. The molecule has 0 saturated heterocycles. The van der Waals surface area contributed by atoms with Crippen LogP contribution in [0.5, 0.6) is 0 Å². The van der Waals surface area contributed by atoms with E-state index in [4.69, 9.17) is 0 Å². The molecule has 0 amide bonds. The van der Waals surface area contributed by atoms with Crippen LogP contribution in [-0.2, 0) is 6.42 Å². The van der Waals surface area contributed by atoms with Crippen LogP contribution in [0.2, 0.25) is 0 Å². The molecule has 2 rings (SSSR count). The van der Waals surface area contributed by atoms with E-state index < -0.39 is 0 Å². The first-order chi connectivity index (χ1) is 9.61. The minimum Gasteiger partial charge on any atom is -0.310 e. The second-order valence-electron chi connectivity index (χ2n) is 5.27. The van der Waals surface area contributed by atoms with E-state index in [9.17, 15) is 4.39 Å². The highest BCUT2D eigenvalue weighted by Gasteiger charge is 2.19. The van der Waals surface area contributed by atoms with Gasteiger partial charge in [-0.2, -0.15) is 0 Å². The fraction of sp³-hybridized carbons (Fsp3) is 0.412. The van der Waals surface area contributed by atoms with E-state index in [-0.39, 0.29) is 11.9 Å². The molecule has 0 saturated carbocycles. The van der Waals surface area contributed by atoms with Gasteiger partial charge in [0.25, 0.3) is 0 Å². The van der Waals surface area contributed by atoms with Gasteiger partial charge >= 0.3 is 0 Å². The average molecular weight is 291 g/mol. The Hall–Kier alpha value is -1.19. The third-order valence-electron chi connectivity index (χ3n) is 3.46. The first-order valence-corrected chi connectivity index (χ1v) is 8.02. The molecule has 1 nitrogen and oxygen atoms in total. The number of rotatable bonds is 6. The Morgan fingerprint density at radius 2 is 2.10 bits per heavy atom. The molecule has 0 aliphatic rings. The lowest BCUT2D eigenvalue weighted by Gasteiger charge is -2.21. The maximum Gasteiger partial charge on any atom is 0.128 e. The van der Waals surface area contributed by atoms with Crippen LogP contribution in [0.4, 0.5) is 4.39 Å². The van der Waals surface area contributed by atoms with Crippen LogP contribution >= 0.6 is 11.3 Å². The zero-order valence-corrected chi connectivity index (χ0v) is 13.2. The summed E-state index contributed by atoms with van der Waals surface area (Å²) in [5.41, 5.74) is 2.83. The highest BCUT2D eigenvalue weighted by molar-refractivity contribution is 7.09. The minimum atomic E-state index is -0.0901. The molecule has 3 heteroatoms. The van der Waals surface area contributed by atoms with Crippen molar-refractivity contribution in [3.63, 3.8) is 0 Å². The summed E-state index contributed by atoms with van der Waals surface area (Å²) in [6.07, 6.45) is 1.89. The first kappa shape index (κ1) is 15.2. The molecule has 2 aromatic rings.